The zero-order valence-corrected chi connectivity index (χ0v) is 10.1. The van der Waals surface area contributed by atoms with Crippen molar-refractivity contribution in [2.45, 2.75) is 12.8 Å². The number of nitro benzene ring substituents is 1. The molecular formula is C11H10F2N4O3. The molecule has 106 valence electrons. The second-order valence-corrected chi connectivity index (χ2v) is 3.84. The molecule has 0 spiro atoms. The van der Waals surface area contributed by atoms with Crippen molar-refractivity contribution in [1.29, 1.82) is 0 Å². The van der Waals surface area contributed by atoms with Crippen molar-refractivity contribution in [2.75, 3.05) is 11.9 Å². The van der Waals surface area contributed by atoms with Crippen LogP contribution >= 0.6 is 0 Å². The van der Waals surface area contributed by atoms with E-state index in [1.807, 2.05) is 0 Å². The number of nitro groups is 1. The minimum absolute atomic E-state index is 0.144. The highest BCUT2D eigenvalue weighted by Gasteiger charge is 2.17. The van der Waals surface area contributed by atoms with Crippen molar-refractivity contribution < 1.29 is 18.2 Å². The summed E-state index contributed by atoms with van der Waals surface area (Å²) in [6.45, 7) is 0.291. The number of non-ortho nitro benzene ring substituents is 1. The summed E-state index contributed by atoms with van der Waals surface area (Å²) < 4.78 is 30.5. The predicted octanol–water partition coefficient (Wildman–Crippen LogP) is 2.57. The van der Waals surface area contributed by atoms with E-state index in [9.17, 15) is 18.9 Å². The van der Waals surface area contributed by atoms with Crippen LogP contribution in [0.4, 0.5) is 20.2 Å². The molecule has 0 bridgehead atoms. The third kappa shape index (κ3) is 3.25. The Hall–Kier alpha value is -2.58. The first-order valence-electron chi connectivity index (χ1n) is 5.64. The standard InChI is InChI=1S/C11H10F2N4O3/c12-11(13)8-5-7(17(18)19)1-2-9(8)14-4-3-10-15-6-16-20-10/h1-2,5-6,11,14H,3-4H2. The Bertz CT molecular complexity index is 589. The molecule has 7 nitrogen and oxygen atoms in total. The third-order valence-electron chi connectivity index (χ3n) is 2.54. The number of rotatable bonds is 6. The van der Waals surface area contributed by atoms with E-state index in [4.69, 9.17) is 4.52 Å². The molecule has 0 saturated carbocycles. The molecule has 2 aromatic rings. The zero-order chi connectivity index (χ0) is 14.5. The smallest absolute Gasteiger partial charge is 0.270 e. The van der Waals surface area contributed by atoms with Crippen LogP contribution in [-0.2, 0) is 6.42 Å². The molecule has 0 atom stereocenters. The van der Waals surface area contributed by atoms with Crippen LogP contribution in [0.2, 0.25) is 0 Å². The van der Waals surface area contributed by atoms with Crippen molar-refractivity contribution in [2.24, 2.45) is 0 Å². The molecular weight excluding hydrogens is 274 g/mol. The molecule has 0 aliphatic carbocycles. The van der Waals surface area contributed by atoms with Gasteiger partial charge in [0.1, 0.15) is 0 Å². The van der Waals surface area contributed by atoms with Crippen LogP contribution in [-0.4, -0.2) is 21.6 Å². The van der Waals surface area contributed by atoms with E-state index in [1.54, 1.807) is 0 Å². The normalized spacial score (nSPS) is 10.8. The molecule has 1 aromatic carbocycles. The first-order chi connectivity index (χ1) is 9.58. The molecule has 1 heterocycles. The highest BCUT2D eigenvalue weighted by atomic mass is 19.3. The van der Waals surface area contributed by atoms with Gasteiger partial charge in [-0.1, -0.05) is 5.16 Å². The maximum Gasteiger partial charge on any atom is 0.270 e. The van der Waals surface area contributed by atoms with Gasteiger partial charge in [0.15, 0.2) is 6.33 Å². The predicted molar refractivity (Wildman–Crippen MR) is 64.5 cm³/mol. The van der Waals surface area contributed by atoms with Crippen LogP contribution in [0, 0.1) is 10.1 Å². The Kier molecular flexibility index (Phi) is 4.18. The van der Waals surface area contributed by atoms with Crippen molar-refractivity contribution in [3.8, 4) is 0 Å². The largest absolute Gasteiger partial charge is 0.384 e. The quantitative estimate of drug-likeness (QED) is 0.647. The lowest BCUT2D eigenvalue weighted by atomic mass is 10.1. The second kappa shape index (κ2) is 6.04. The Balaban J connectivity index is 2.08. The molecule has 0 aliphatic rings. The Labute approximate surface area is 111 Å². The van der Waals surface area contributed by atoms with Gasteiger partial charge in [-0.3, -0.25) is 10.1 Å². The second-order valence-electron chi connectivity index (χ2n) is 3.84. The maximum atomic E-state index is 12.9. The van der Waals surface area contributed by atoms with E-state index in [2.05, 4.69) is 15.5 Å². The SMILES string of the molecule is O=[N+]([O-])c1ccc(NCCc2ncno2)c(C(F)F)c1. The van der Waals surface area contributed by atoms with E-state index in [0.29, 0.717) is 18.9 Å². The van der Waals surface area contributed by atoms with E-state index >= 15 is 0 Å². The van der Waals surface area contributed by atoms with Gasteiger partial charge in [-0.25, -0.2) is 8.78 Å². The Morgan fingerprint density at radius 3 is 2.85 bits per heavy atom. The summed E-state index contributed by atoms with van der Waals surface area (Å²) in [5.41, 5.74) is -0.641. The Morgan fingerprint density at radius 2 is 2.25 bits per heavy atom. The molecule has 0 unspecified atom stereocenters. The number of nitrogens with one attached hydrogen (secondary N) is 1. The van der Waals surface area contributed by atoms with E-state index in [0.717, 1.165) is 6.07 Å². The monoisotopic (exact) mass is 284 g/mol. The van der Waals surface area contributed by atoms with E-state index < -0.39 is 16.9 Å². The summed E-state index contributed by atoms with van der Waals surface area (Å²) in [5, 5.41) is 16.8. The van der Waals surface area contributed by atoms with Gasteiger partial charge >= 0.3 is 0 Å². The third-order valence-corrected chi connectivity index (χ3v) is 2.54. The first-order valence-corrected chi connectivity index (χ1v) is 5.64. The molecule has 0 radical (unpaired) electrons. The fraction of sp³-hybridized carbons (Fsp3) is 0.273. The fourth-order valence-corrected chi connectivity index (χ4v) is 1.62. The summed E-state index contributed by atoms with van der Waals surface area (Å²) in [4.78, 5) is 13.6. The van der Waals surface area contributed by atoms with Gasteiger partial charge in [-0.15, -0.1) is 0 Å². The molecule has 1 aromatic heterocycles. The highest BCUT2D eigenvalue weighted by molar-refractivity contribution is 5.56. The number of nitrogens with zero attached hydrogens (tertiary/aromatic N) is 3. The van der Waals surface area contributed by atoms with Crippen LogP contribution in [0.15, 0.2) is 29.0 Å². The first kappa shape index (κ1) is 13.8. The Morgan fingerprint density at radius 1 is 1.45 bits per heavy atom. The van der Waals surface area contributed by atoms with Gasteiger partial charge < -0.3 is 9.84 Å². The number of alkyl halides is 2. The number of aromatic nitrogens is 2. The average Bonchev–Trinajstić information content (AvgIpc) is 2.91. The molecule has 0 aliphatic heterocycles. The minimum atomic E-state index is -2.80. The van der Waals surface area contributed by atoms with Gasteiger partial charge in [0.25, 0.3) is 12.1 Å². The highest BCUT2D eigenvalue weighted by Crippen LogP contribution is 2.30. The summed E-state index contributed by atoms with van der Waals surface area (Å²) in [6.07, 6.45) is -1.20. The molecule has 0 amide bonds. The molecule has 0 saturated heterocycles. The van der Waals surface area contributed by atoms with Crippen LogP contribution in [0.3, 0.4) is 0 Å². The molecule has 0 fully saturated rings. The summed E-state index contributed by atoms with van der Waals surface area (Å²) in [7, 11) is 0. The van der Waals surface area contributed by atoms with Gasteiger partial charge in [-0.2, -0.15) is 4.98 Å². The number of halogens is 2. The van der Waals surface area contributed by atoms with Crippen LogP contribution in [0.1, 0.15) is 17.9 Å². The summed E-state index contributed by atoms with van der Waals surface area (Å²) in [5.74, 6) is 0.373. The van der Waals surface area contributed by atoms with Crippen molar-refractivity contribution in [1.82, 2.24) is 10.1 Å². The van der Waals surface area contributed by atoms with Crippen molar-refractivity contribution in [3.05, 3.63) is 46.1 Å². The van der Waals surface area contributed by atoms with Crippen LogP contribution in [0.25, 0.3) is 0 Å². The van der Waals surface area contributed by atoms with Gasteiger partial charge in [-0.05, 0) is 6.07 Å². The molecule has 9 heteroatoms. The van der Waals surface area contributed by atoms with Gasteiger partial charge in [0.05, 0.1) is 4.92 Å². The summed E-state index contributed by atoms with van der Waals surface area (Å²) in [6, 6.07) is 3.29. The lowest BCUT2D eigenvalue weighted by Gasteiger charge is -2.10. The number of hydrogen-bond donors (Lipinski definition) is 1. The lowest BCUT2D eigenvalue weighted by Crippen LogP contribution is -2.07. The minimum Gasteiger partial charge on any atom is -0.384 e. The fourth-order valence-electron chi connectivity index (χ4n) is 1.62. The number of hydrogen-bond acceptors (Lipinski definition) is 6. The topological polar surface area (TPSA) is 94.1 Å². The molecule has 20 heavy (non-hydrogen) atoms. The van der Waals surface area contributed by atoms with Crippen molar-refractivity contribution in [3.63, 3.8) is 0 Å². The van der Waals surface area contributed by atoms with Crippen LogP contribution in [0.5, 0.6) is 0 Å². The number of benzene rings is 1. The van der Waals surface area contributed by atoms with Gasteiger partial charge in [0.2, 0.25) is 5.89 Å². The average molecular weight is 284 g/mol. The van der Waals surface area contributed by atoms with Crippen LogP contribution < -0.4 is 5.32 Å². The molecule has 2 rings (SSSR count). The maximum absolute atomic E-state index is 12.9. The van der Waals surface area contributed by atoms with E-state index in [-0.39, 0.29) is 11.4 Å². The number of anilines is 1. The zero-order valence-electron chi connectivity index (χ0n) is 10.1. The summed E-state index contributed by atoms with van der Waals surface area (Å²) >= 11 is 0. The van der Waals surface area contributed by atoms with Gasteiger partial charge in [0, 0.05) is 36.3 Å². The van der Waals surface area contributed by atoms with E-state index in [1.165, 1.54) is 18.5 Å². The lowest BCUT2D eigenvalue weighted by molar-refractivity contribution is -0.385. The van der Waals surface area contributed by atoms with Crippen molar-refractivity contribution >= 4 is 11.4 Å². The molecule has 1 N–H and O–H groups in total.